The van der Waals surface area contributed by atoms with Crippen LogP contribution in [0.2, 0.25) is 0 Å². The summed E-state index contributed by atoms with van der Waals surface area (Å²) >= 11 is 0. The first-order chi connectivity index (χ1) is 12.9. The maximum absolute atomic E-state index is 12.7. The first-order valence-electron chi connectivity index (χ1n) is 8.12. The van der Waals surface area contributed by atoms with E-state index in [4.69, 9.17) is 14.3 Å². The van der Waals surface area contributed by atoms with E-state index in [-0.39, 0.29) is 23.7 Å². The number of carbonyl (C=O) groups is 3. The third kappa shape index (κ3) is 3.64. The van der Waals surface area contributed by atoms with Gasteiger partial charge in [-0.3, -0.25) is 4.79 Å². The third-order valence-electron chi connectivity index (χ3n) is 3.79. The number of hydrogen-bond acceptors (Lipinski definition) is 6. The quantitative estimate of drug-likeness (QED) is 0.642. The predicted octanol–water partition coefficient (Wildman–Crippen LogP) is 2.96. The Bertz CT molecular complexity index is 986. The highest BCUT2D eigenvalue weighted by Gasteiger charge is 2.29. The van der Waals surface area contributed by atoms with Gasteiger partial charge in [-0.05, 0) is 50.3 Å². The van der Waals surface area contributed by atoms with Gasteiger partial charge >= 0.3 is 11.9 Å². The number of benzene rings is 1. The summed E-state index contributed by atoms with van der Waals surface area (Å²) in [5, 5.41) is 14.3. The van der Waals surface area contributed by atoms with Crippen molar-refractivity contribution in [3.63, 3.8) is 0 Å². The number of rotatable bonds is 5. The van der Waals surface area contributed by atoms with Crippen LogP contribution in [0.1, 0.15) is 40.5 Å². The molecule has 0 saturated heterocycles. The van der Waals surface area contributed by atoms with Crippen molar-refractivity contribution < 1.29 is 28.6 Å². The van der Waals surface area contributed by atoms with Crippen molar-refractivity contribution >= 4 is 35.3 Å². The zero-order chi connectivity index (χ0) is 19.6. The molecule has 1 aromatic heterocycles. The summed E-state index contributed by atoms with van der Waals surface area (Å²) in [5.41, 5.74) is 1.43. The van der Waals surface area contributed by atoms with E-state index in [0.717, 1.165) is 0 Å². The molecule has 8 heteroatoms. The Balaban J connectivity index is 1.89. The smallest absolute Gasteiger partial charge is 0.371 e. The monoisotopic (exact) mass is 368 g/mol. The van der Waals surface area contributed by atoms with Crippen molar-refractivity contribution in [2.45, 2.75) is 13.8 Å². The number of ether oxygens (including phenoxy) is 1. The number of aromatic carboxylic acids is 1. The second-order valence-electron chi connectivity index (χ2n) is 5.64. The summed E-state index contributed by atoms with van der Waals surface area (Å²) in [6.07, 6.45) is 1.43. The zero-order valence-corrected chi connectivity index (χ0v) is 14.6. The van der Waals surface area contributed by atoms with Crippen LogP contribution in [0.5, 0.6) is 0 Å². The van der Waals surface area contributed by atoms with Gasteiger partial charge in [0.2, 0.25) is 5.76 Å². The largest absolute Gasteiger partial charge is 0.475 e. The van der Waals surface area contributed by atoms with Crippen LogP contribution in [0, 0.1) is 0 Å². The number of esters is 1. The first-order valence-corrected chi connectivity index (χ1v) is 8.12. The van der Waals surface area contributed by atoms with E-state index < -0.39 is 17.8 Å². The molecule has 138 valence electrons. The maximum Gasteiger partial charge on any atom is 0.371 e. The van der Waals surface area contributed by atoms with Crippen molar-refractivity contribution in [3.8, 4) is 0 Å². The van der Waals surface area contributed by atoms with E-state index in [9.17, 15) is 14.4 Å². The van der Waals surface area contributed by atoms with Crippen molar-refractivity contribution in [1.29, 1.82) is 0 Å². The molecule has 1 N–H and O–H groups in total. The number of carboxylic acids is 1. The second kappa shape index (κ2) is 7.28. The SMILES string of the molecule is CCOC(=O)c1cccc(N2N=C(C)C(=Cc3ccc(C(=O)O)o3)C2=O)c1. The highest BCUT2D eigenvalue weighted by molar-refractivity contribution is 6.32. The average Bonchev–Trinajstić information content (AvgIpc) is 3.22. The van der Waals surface area contributed by atoms with Gasteiger partial charge in [-0.1, -0.05) is 6.07 Å². The molecule has 1 aromatic carbocycles. The van der Waals surface area contributed by atoms with Crippen molar-refractivity contribution in [2.75, 3.05) is 11.6 Å². The Labute approximate surface area is 154 Å². The molecule has 2 aromatic rings. The average molecular weight is 368 g/mol. The van der Waals surface area contributed by atoms with Gasteiger partial charge < -0.3 is 14.3 Å². The number of anilines is 1. The molecule has 0 fully saturated rings. The maximum atomic E-state index is 12.7. The van der Waals surface area contributed by atoms with E-state index in [0.29, 0.717) is 17.0 Å². The highest BCUT2D eigenvalue weighted by atomic mass is 16.5. The molecule has 8 nitrogen and oxygen atoms in total. The molecule has 0 radical (unpaired) electrons. The molecule has 0 aliphatic carbocycles. The number of carboxylic acid groups (broad SMARTS) is 1. The minimum absolute atomic E-state index is 0.221. The lowest BCUT2D eigenvalue weighted by Crippen LogP contribution is -2.21. The number of carbonyl (C=O) groups excluding carboxylic acids is 2. The fraction of sp³-hybridized carbons (Fsp3) is 0.158. The standard InChI is InChI=1S/C19H16N2O6/c1-3-26-19(25)12-5-4-6-13(9-12)21-17(22)15(11(2)20-21)10-14-7-8-16(27-14)18(23)24/h4-10H,3H2,1-2H3,(H,23,24). The molecule has 0 bridgehead atoms. The third-order valence-corrected chi connectivity index (χ3v) is 3.79. The molecule has 0 spiro atoms. The van der Waals surface area contributed by atoms with Crippen LogP contribution in [0.3, 0.4) is 0 Å². The lowest BCUT2D eigenvalue weighted by Gasteiger charge is -2.12. The molecule has 1 amide bonds. The van der Waals surface area contributed by atoms with Crippen molar-refractivity contribution in [2.24, 2.45) is 5.10 Å². The number of hydrogen-bond donors (Lipinski definition) is 1. The molecule has 0 saturated carbocycles. The fourth-order valence-electron chi connectivity index (χ4n) is 2.53. The lowest BCUT2D eigenvalue weighted by molar-refractivity contribution is -0.114. The summed E-state index contributed by atoms with van der Waals surface area (Å²) < 4.78 is 10.1. The van der Waals surface area contributed by atoms with Crippen LogP contribution in [0.15, 0.2) is 51.5 Å². The Morgan fingerprint density at radius 3 is 2.74 bits per heavy atom. The van der Waals surface area contributed by atoms with Gasteiger partial charge in [-0.15, -0.1) is 0 Å². The summed E-state index contributed by atoms with van der Waals surface area (Å²) in [6.45, 7) is 3.61. The van der Waals surface area contributed by atoms with Gasteiger partial charge in [0.05, 0.1) is 29.1 Å². The number of amides is 1. The lowest BCUT2D eigenvalue weighted by atomic mass is 10.1. The van der Waals surface area contributed by atoms with Gasteiger partial charge in [0.25, 0.3) is 5.91 Å². The minimum atomic E-state index is -1.19. The number of furan rings is 1. The molecule has 0 atom stereocenters. The molecule has 1 aliphatic rings. The zero-order valence-electron chi connectivity index (χ0n) is 14.6. The summed E-state index contributed by atoms with van der Waals surface area (Å²) in [5.74, 6) is -2.09. The van der Waals surface area contributed by atoms with E-state index in [2.05, 4.69) is 5.10 Å². The number of hydrazone groups is 1. The van der Waals surface area contributed by atoms with Crippen molar-refractivity contribution in [1.82, 2.24) is 0 Å². The Morgan fingerprint density at radius 1 is 1.30 bits per heavy atom. The molecular formula is C19H16N2O6. The Hall–Kier alpha value is -3.68. The van der Waals surface area contributed by atoms with Crippen LogP contribution < -0.4 is 5.01 Å². The summed E-state index contributed by atoms with van der Waals surface area (Å²) in [6, 6.07) is 9.15. The van der Waals surface area contributed by atoms with E-state index in [1.165, 1.54) is 29.3 Å². The van der Waals surface area contributed by atoms with E-state index >= 15 is 0 Å². The Morgan fingerprint density at radius 2 is 2.07 bits per heavy atom. The predicted molar refractivity (Wildman–Crippen MR) is 96.6 cm³/mol. The van der Waals surface area contributed by atoms with E-state index in [1.807, 2.05) is 0 Å². The number of nitrogens with zero attached hydrogens (tertiary/aromatic N) is 2. The topological polar surface area (TPSA) is 109 Å². The normalized spacial score (nSPS) is 15.2. The van der Waals surface area contributed by atoms with Crippen LogP contribution in [0.4, 0.5) is 5.69 Å². The second-order valence-corrected chi connectivity index (χ2v) is 5.64. The summed E-state index contributed by atoms with van der Waals surface area (Å²) in [7, 11) is 0. The minimum Gasteiger partial charge on any atom is -0.475 e. The van der Waals surface area contributed by atoms with Gasteiger partial charge in [0.1, 0.15) is 5.76 Å². The van der Waals surface area contributed by atoms with Gasteiger partial charge in [0, 0.05) is 0 Å². The van der Waals surface area contributed by atoms with Gasteiger partial charge in [0.15, 0.2) is 0 Å². The van der Waals surface area contributed by atoms with Crippen LogP contribution in [-0.4, -0.2) is 35.3 Å². The van der Waals surface area contributed by atoms with Crippen LogP contribution in [0.25, 0.3) is 6.08 Å². The van der Waals surface area contributed by atoms with Crippen LogP contribution >= 0.6 is 0 Å². The molecule has 1 aliphatic heterocycles. The van der Waals surface area contributed by atoms with Gasteiger partial charge in [-0.25, -0.2) is 9.59 Å². The Kier molecular flexibility index (Phi) is 4.89. The molecule has 0 unspecified atom stereocenters. The molecule has 27 heavy (non-hydrogen) atoms. The van der Waals surface area contributed by atoms with Crippen molar-refractivity contribution in [3.05, 3.63) is 59.1 Å². The fourth-order valence-corrected chi connectivity index (χ4v) is 2.53. The highest BCUT2D eigenvalue weighted by Crippen LogP contribution is 2.26. The summed E-state index contributed by atoms with van der Waals surface area (Å²) in [4.78, 5) is 35.5. The molecular weight excluding hydrogens is 352 g/mol. The van der Waals surface area contributed by atoms with Gasteiger partial charge in [-0.2, -0.15) is 10.1 Å². The molecule has 2 heterocycles. The van der Waals surface area contributed by atoms with E-state index in [1.54, 1.807) is 32.0 Å². The van der Waals surface area contributed by atoms with Crippen LogP contribution in [-0.2, 0) is 9.53 Å². The first kappa shape index (κ1) is 18.1. The molecule has 3 rings (SSSR count).